The quantitative estimate of drug-likeness (QED) is 0.693. The third kappa shape index (κ3) is 1.28. The lowest BCUT2D eigenvalue weighted by Gasteiger charge is -2.41. The highest BCUT2D eigenvalue weighted by atomic mass is 16.1. The lowest BCUT2D eigenvalue weighted by molar-refractivity contribution is -0.124. The summed E-state index contributed by atoms with van der Waals surface area (Å²) in [5.74, 6) is 2.15. The SMILES string of the molecule is CC(C)C1=C[C@@H]2CC[C@@H]3CN(C)[C@H](C1=O)[C@@]32C. The molecule has 2 aliphatic carbocycles. The van der Waals surface area contributed by atoms with Crippen molar-refractivity contribution in [2.75, 3.05) is 13.6 Å². The molecule has 0 aromatic heterocycles. The molecule has 3 aliphatic rings. The molecule has 94 valence electrons. The standard InChI is InChI=1S/C15H23NO/c1-9(2)12-7-10-5-6-11-8-16(4)14(13(12)17)15(10,11)3/h7,9-11,14H,5-6,8H2,1-4H3/t10-,11+,14+,15+/m0/s1. The molecule has 2 nitrogen and oxygen atoms in total. The summed E-state index contributed by atoms with van der Waals surface area (Å²) >= 11 is 0. The molecule has 0 unspecified atom stereocenters. The minimum absolute atomic E-state index is 0.155. The van der Waals surface area contributed by atoms with E-state index in [0.717, 1.165) is 18.0 Å². The van der Waals surface area contributed by atoms with E-state index in [2.05, 4.69) is 38.8 Å². The fourth-order valence-electron chi connectivity index (χ4n) is 4.63. The third-order valence-corrected chi connectivity index (χ3v) is 5.58. The van der Waals surface area contributed by atoms with Crippen molar-refractivity contribution in [3.05, 3.63) is 11.6 Å². The van der Waals surface area contributed by atoms with Crippen molar-refractivity contribution in [3.63, 3.8) is 0 Å². The van der Waals surface area contributed by atoms with Gasteiger partial charge in [0.1, 0.15) is 0 Å². The van der Waals surface area contributed by atoms with E-state index in [1.54, 1.807) is 0 Å². The van der Waals surface area contributed by atoms with E-state index >= 15 is 0 Å². The summed E-state index contributed by atoms with van der Waals surface area (Å²) < 4.78 is 0. The number of likely N-dealkylation sites (tertiary alicyclic amines) is 1. The third-order valence-electron chi connectivity index (χ3n) is 5.58. The van der Waals surface area contributed by atoms with Gasteiger partial charge in [-0.2, -0.15) is 0 Å². The van der Waals surface area contributed by atoms with Gasteiger partial charge in [0.2, 0.25) is 0 Å². The van der Waals surface area contributed by atoms with Gasteiger partial charge in [0.25, 0.3) is 0 Å². The van der Waals surface area contributed by atoms with Crippen LogP contribution in [0.1, 0.15) is 33.6 Å². The molecule has 3 rings (SSSR count). The molecular formula is C15H23NO. The molecule has 0 amide bonds. The van der Waals surface area contributed by atoms with Crippen LogP contribution >= 0.6 is 0 Å². The average molecular weight is 233 g/mol. The first-order valence-corrected chi connectivity index (χ1v) is 6.92. The van der Waals surface area contributed by atoms with Crippen molar-refractivity contribution in [2.45, 2.75) is 39.7 Å². The maximum absolute atomic E-state index is 12.7. The summed E-state index contributed by atoms with van der Waals surface area (Å²) in [7, 11) is 2.13. The maximum atomic E-state index is 12.7. The second-order valence-electron chi connectivity index (χ2n) is 6.73. The molecule has 4 atom stereocenters. The summed E-state index contributed by atoms with van der Waals surface area (Å²) in [6.45, 7) is 7.76. The fraction of sp³-hybridized carbons (Fsp3) is 0.800. The van der Waals surface area contributed by atoms with E-state index in [4.69, 9.17) is 0 Å². The van der Waals surface area contributed by atoms with Crippen LogP contribution < -0.4 is 0 Å². The van der Waals surface area contributed by atoms with Crippen molar-refractivity contribution in [3.8, 4) is 0 Å². The highest BCUT2D eigenvalue weighted by molar-refractivity contribution is 6.01. The van der Waals surface area contributed by atoms with Crippen LogP contribution in [-0.4, -0.2) is 30.3 Å². The van der Waals surface area contributed by atoms with E-state index in [9.17, 15) is 4.79 Å². The first kappa shape index (κ1) is 11.5. The molecule has 2 heteroatoms. The lowest BCUT2D eigenvalue weighted by atomic mass is 9.64. The van der Waals surface area contributed by atoms with E-state index in [1.807, 2.05) is 0 Å². The summed E-state index contributed by atoms with van der Waals surface area (Å²) in [4.78, 5) is 15.0. The number of allylic oxidation sites excluding steroid dienone is 1. The predicted molar refractivity (Wildman–Crippen MR) is 68.7 cm³/mol. The molecule has 1 saturated carbocycles. The summed E-state index contributed by atoms with van der Waals surface area (Å²) in [6.07, 6.45) is 4.91. The van der Waals surface area contributed by atoms with Gasteiger partial charge in [0.05, 0.1) is 6.04 Å². The van der Waals surface area contributed by atoms with Gasteiger partial charge in [-0.3, -0.25) is 9.69 Å². The summed E-state index contributed by atoms with van der Waals surface area (Å²) in [5, 5.41) is 0. The molecule has 1 saturated heterocycles. The first-order valence-electron chi connectivity index (χ1n) is 6.92. The molecule has 0 spiro atoms. The number of hydrogen-bond donors (Lipinski definition) is 0. The van der Waals surface area contributed by atoms with Gasteiger partial charge in [-0.15, -0.1) is 0 Å². The van der Waals surface area contributed by atoms with Crippen LogP contribution in [0.3, 0.4) is 0 Å². The number of Topliss-reactive ketones (excluding diaryl/α,β-unsaturated/α-hetero) is 1. The zero-order valence-electron chi connectivity index (χ0n) is 11.4. The maximum Gasteiger partial charge on any atom is 0.176 e. The van der Waals surface area contributed by atoms with Gasteiger partial charge >= 0.3 is 0 Å². The molecule has 2 fully saturated rings. The zero-order valence-corrected chi connectivity index (χ0v) is 11.4. The molecule has 1 heterocycles. The fourth-order valence-corrected chi connectivity index (χ4v) is 4.63. The molecule has 0 aromatic rings. The number of carbonyl (C=O) groups excluding carboxylic acids is 1. The monoisotopic (exact) mass is 233 g/mol. The number of rotatable bonds is 1. The van der Waals surface area contributed by atoms with Gasteiger partial charge in [-0.1, -0.05) is 26.8 Å². The van der Waals surface area contributed by atoms with Crippen molar-refractivity contribution in [1.82, 2.24) is 4.90 Å². The Morgan fingerprint density at radius 2 is 2.12 bits per heavy atom. The van der Waals surface area contributed by atoms with Crippen LogP contribution in [0.25, 0.3) is 0 Å². The van der Waals surface area contributed by atoms with Crippen molar-refractivity contribution in [1.29, 1.82) is 0 Å². The van der Waals surface area contributed by atoms with Crippen LogP contribution in [0.2, 0.25) is 0 Å². The largest absolute Gasteiger partial charge is 0.296 e. The van der Waals surface area contributed by atoms with Gasteiger partial charge < -0.3 is 0 Å². The normalized spacial score (nSPS) is 45.4. The number of ketones is 1. The Balaban J connectivity index is 2.10. The van der Waals surface area contributed by atoms with Crippen LogP contribution in [0.5, 0.6) is 0 Å². The minimum atomic E-state index is 0.155. The topological polar surface area (TPSA) is 20.3 Å². The molecule has 0 N–H and O–H groups in total. The lowest BCUT2D eigenvalue weighted by Crippen LogP contribution is -2.49. The van der Waals surface area contributed by atoms with Gasteiger partial charge in [-0.25, -0.2) is 0 Å². The Bertz CT molecular complexity index is 398. The average Bonchev–Trinajstić information content (AvgIpc) is 2.67. The van der Waals surface area contributed by atoms with Crippen LogP contribution in [0.4, 0.5) is 0 Å². The Labute approximate surface area is 104 Å². The second kappa shape index (κ2) is 3.44. The van der Waals surface area contributed by atoms with E-state index < -0.39 is 0 Å². The van der Waals surface area contributed by atoms with E-state index in [-0.39, 0.29) is 11.5 Å². The van der Waals surface area contributed by atoms with Crippen molar-refractivity contribution < 1.29 is 4.79 Å². The Morgan fingerprint density at radius 1 is 1.41 bits per heavy atom. The summed E-state index contributed by atoms with van der Waals surface area (Å²) in [6, 6.07) is 0.155. The Hall–Kier alpha value is -0.630. The highest BCUT2D eigenvalue weighted by Gasteiger charge is 2.61. The predicted octanol–water partition coefficient (Wildman–Crippen LogP) is 2.50. The van der Waals surface area contributed by atoms with Crippen LogP contribution in [-0.2, 0) is 4.79 Å². The number of nitrogens with zero attached hydrogens (tertiary/aromatic N) is 1. The zero-order chi connectivity index (χ0) is 12.4. The number of carbonyl (C=O) groups is 1. The molecule has 1 aliphatic heterocycles. The number of hydrogen-bond acceptors (Lipinski definition) is 2. The summed E-state index contributed by atoms with van der Waals surface area (Å²) in [5.41, 5.74) is 1.32. The Morgan fingerprint density at radius 3 is 2.76 bits per heavy atom. The molecule has 0 radical (unpaired) electrons. The van der Waals surface area contributed by atoms with E-state index in [1.165, 1.54) is 12.8 Å². The smallest absolute Gasteiger partial charge is 0.176 e. The minimum Gasteiger partial charge on any atom is -0.296 e. The Kier molecular flexibility index (Phi) is 2.32. The molecule has 0 bridgehead atoms. The second-order valence-corrected chi connectivity index (χ2v) is 6.73. The van der Waals surface area contributed by atoms with Crippen molar-refractivity contribution >= 4 is 5.78 Å². The van der Waals surface area contributed by atoms with Crippen molar-refractivity contribution in [2.24, 2.45) is 23.2 Å². The number of likely N-dealkylation sites (N-methyl/N-ethyl adjacent to an activating group) is 1. The first-order chi connectivity index (χ1) is 7.96. The van der Waals surface area contributed by atoms with E-state index in [0.29, 0.717) is 17.6 Å². The molecule has 17 heavy (non-hydrogen) atoms. The van der Waals surface area contributed by atoms with Gasteiger partial charge in [0.15, 0.2) is 5.78 Å². The molecular weight excluding hydrogens is 210 g/mol. The molecule has 0 aromatic carbocycles. The van der Waals surface area contributed by atoms with Gasteiger partial charge in [0, 0.05) is 12.0 Å². The highest BCUT2D eigenvalue weighted by Crippen LogP contribution is 2.58. The van der Waals surface area contributed by atoms with Gasteiger partial charge in [-0.05, 0) is 43.2 Å². The van der Waals surface area contributed by atoms with Crippen LogP contribution in [0.15, 0.2) is 11.6 Å². The van der Waals surface area contributed by atoms with Crippen LogP contribution in [0, 0.1) is 23.2 Å².